The highest BCUT2D eigenvalue weighted by atomic mass is 19.1. The van der Waals surface area contributed by atoms with Crippen LogP contribution in [0.5, 0.6) is 23.0 Å². The molecule has 162 valence electrons. The first kappa shape index (κ1) is 21.1. The van der Waals surface area contributed by atoms with Crippen molar-refractivity contribution in [3.8, 4) is 45.4 Å². The zero-order valence-corrected chi connectivity index (χ0v) is 17.6. The molecule has 0 radical (unpaired) electrons. The van der Waals surface area contributed by atoms with Crippen LogP contribution in [0, 0.1) is 5.82 Å². The number of hydrogen-bond donors (Lipinski definition) is 1. The Morgan fingerprint density at radius 3 is 2.38 bits per heavy atom. The standard InChI is InChI=1S/C25H21FN2O4/c1-30-23-10-5-17(11-24(23)31-2)21-13-27-15-28-25(21)20-9-8-19(12-22(20)29)32-14-16-3-6-18(26)7-4-16/h3-13,15,29H,14H2,1-2H3. The lowest BCUT2D eigenvalue weighted by atomic mass is 9.99. The van der Waals surface area contributed by atoms with Crippen LogP contribution in [-0.2, 0) is 6.61 Å². The van der Waals surface area contributed by atoms with Crippen molar-refractivity contribution >= 4 is 0 Å². The van der Waals surface area contributed by atoms with Gasteiger partial charge >= 0.3 is 0 Å². The monoisotopic (exact) mass is 432 g/mol. The number of phenols is 1. The third-order valence-electron chi connectivity index (χ3n) is 4.95. The predicted octanol–water partition coefficient (Wildman–Crippen LogP) is 5.25. The van der Waals surface area contributed by atoms with E-state index in [1.54, 1.807) is 50.7 Å². The molecular formula is C25H21FN2O4. The molecule has 0 aliphatic carbocycles. The predicted molar refractivity (Wildman–Crippen MR) is 118 cm³/mol. The zero-order chi connectivity index (χ0) is 22.5. The first-order valence-electron chi connectivity index (χ1n) is 9.82. The topological polar surface area (TPSA) is 73.7 Å². The van der Waals surface area contributed by atoms with Crippen molar-refractivity contribution in [1.29, 1.82) is 0 Å². The number of methoxy groups -OCH3 is 2. The summed E-state index contributed by atoms with van der Waals surface area (Å²) in [7, 11) is 3.15. The van der Waals surface area contributed by atoms with Gasteiger partial charge in [-0.25, -0.2) is 14.4 Å². The Balaban J connectivity index is 1.62. The fourth-order valence-electron chi connectivity index (χ4n) is 3.31. The number of halogens is 1. The Morgan fingerprint density at radius 2 is 1.66 bits per heavy atom. The quantitative estimate of drug-likeness (QED) is 0.430. The molecule has 1 heterocycles. The largest absolute Gasteiger partial charge is 0.507 e. The SMILES string of the molecule is COc1ccc(-c2cncnc2-c2ccc(OCc3ccc(F)cc3)cc2O)cc1OC. The molecule has 1 N–H and O–H groups in total. The lowest BCUT2D eigenvalue weighted by Gasteiger charge is -2.13. The van der Waals surface area contributed by atoms with E-state index in [9.17, 15) is 9.50 Å². The molecule has 0 bridgehead atoms. The van der Waals surface area contributed by atoms with Crippen LogP contribution in [0.15, 0.2) is 73.2 Å². The number of hydrogen-bond acceptors (Lipinski definition) is 6. The molecule has 0 atom stereocenters. The van der Waals surface area contributed by atoms with E-state index in [1.165, 1.54) is 24.5 Å². The molecule has 0 aliphatic rings. The van der Waals surface area contributed by atoms with Crippen molar-refractivity contribution in [3.05, 3.63) is 84.6 Å². The fraction of sp³-hybridized carbons (Fsp3) is 0.120. The fourth-order valence-corrected chi connectivity index (χ4v) is 3.31. The van der Waals surface area contributed by atoms with Crippen LogP contribution < -0.4 is 14.2 Å². The van der Waals surface area contributed by atoms with E-state index in [0.717, 1.165) is 16.7 Å². The average molecular weight is 432 g/mol. The highest BCUT2D eigenvalue weighted by Crippen LogP contribution is 2.39. The summed E-state index contributed by atoms with van der Waals surface area (Å²) in [6.07, 6.45) is 3.11. The maximum atomic E-state index is 13.0. The van der Waals surface area contributed by atoms with Gasteiger partial charge in [0.1, 0.15) is 30.3 Å². The van der Waals surface area contributed by atoms with Crippen LogP contribution in [0.4, 0.5) is 4.39 Å². The van der Waals surface area contributed by atoms with Crippen molar-refractivity contribution in [3.63, 3.8) is 0 Å². The highest BCUT2D eigenvalue weighted by molar-refractivity contribution is 5.83. The zero-order valence-electron chi connectivity index (χ0n) is 17.6. The molecule has 0 aliphatic heterocycles. The summed E-state index contributed by atoms with van der Waals surface area (Å²) < 4.78 is 29.5. The van der Waals surface area contributed by atoms with Crippen molar-refractivity contribution < 1.29 is 23.7 Å². The minimum absolute atomic E-state index is 0.0158. The summed E-state index contributed by atoms with van der Waals surface area (Å²) in [5.41, 5.74) is 3.46. The van der Waals surface area contributed by atoms with Crippen LogP contribution in [-0.4, -0.2) is 29.3 Å². The molecule has 0 amide bonds. The summed E-state index contributed by atoms with van der Waals surface area (Å²) in [5, 5.41) is 10.7. The molecular weight excluding hydrogens is 411 g/mol. The molecule has 7 heteroatoms. The van der Waals surface area contributed by atoms with Crippen molar-refractivity contribution in [2.24, 2.45) is 0 Å². The van der Waals surface area contributed by atoms with Crippen LogP contribution in [0.25, 0.3) is 22.4 Å². The van der Waals surface area contributed by atoms with Gasteiger partial charge in [-0.2, -0.15) is 0 Å². The maximum absolute atomic E-state index is 13.0. The van der Waals surface area contributed by atoms with E-state index < -0.39 is 0 Å². The second-order valence-electron chi connectivity index (χ2n) is 6.95. The van der Waals surface area contributed by atoms with Gasteiger partial charge in [0.25, 0.3) is 0 Å². The molecule has 0 unspecified atom stereocenters. The first-order valence-corrected chi connectivity index (χ1v) is 9.82. The molecule has 6 nitrogen and oxygen atoms in total. The van der Waals surface area contributed by atoms with E-state index in [2.05, 4.69) is 9.97 Å². The number of benzene rings is 3. The Morgan fingerprint density at radius 1 is 0.875 bits per heavy atom. The molecule has 0 saturated heterocycles. The van der Waals surface area contributed by atoms with Crippen molar-refractivity contribution in [2.75, 3.05) is 14.2 Å². The summed E-state index contributed by atoms with van der Waals surface area (Å²) in [6, 6.07) is 16.6. The smallest absolute Gasteiger partial charge is 0.161 e. The van der Waals surface area contributed by atoms with Gasteiger partial charge in [-0.05, 0) is 47.5 Å². The number of aromatic nitrogens is 2. The molecule has 4 rings (SSSR count). The molecule has 32 heavy (non-hydrogen) atoms. The molecule has 3 aromatic carbocycles. The van der Waals surface area contributed by atoms with Gasteiger partial charge in [-0.3, -0.25) is 0 Å². The highest BCUT2D eigenvalue weighted by Gasteiger charge is 2.15. The van der Waals surface area contributed by atoms with Gasteiger partial charge in [0.15, 0.2) is 11.5 Å². The molecule has 4 aromatic rings. The Hall–Kier alpha value is -4.13. The number of rotatable bonds is 7. The van der Waals surface area contributed by atoms with Gasteiger partial charge in [0.05, 0.1) is 19.9 Å². The van der Waals surface area contributed by atoms with Crippen LogP contribution in [0.2, 0.25) is 0 Å². The van der Waals surface area contributed by atoms with E-state index >= 15 is 0 Å². The van der Waals surface area contributed by atoms with Gasteiger partial charge in [-0.15, -0.1) is 0 Å². The van der Waals surface area contributed by atoms with Crippen molar-refractivity contribution in [1.82, 2.24) is 9.97 Å². The Kier molecular flexibility index (Phi) is 6.17. The van der Waals surface area contributed by atoms with Gasteiger partial charge in [-0.1, -0.05) is 18.2 Å². The number of nitrogens with zero attached hydrogens (tertiary/aromatic N) is 2. The Bertz CT molecular complexity index is 1230. The minimum Gasteiger partial charge on any atom is -0.507 e. The lowest BCUT2D eigenvalue weighted by molar-refractivity contribution is 0.304. The average Bonchev–Trinajstić information content (AvgIpc) is 2.83. The summed E-state index contributed by atoms with van der Waals surface area (Å²) >= 11 is 0. The van der Waals surface area contributed by atoms with E-state index in [1.807, 2.05) is 12.1 Å². The number of aromatic hydroxyl groups is 1. The van der Waals surface area contributed by atoms with Gasteiger partial charge < -0.3 is 19.3 Å². The normalized spacial score (nSPS) is 10.6. The number of ether oxygens (including phenoxy) is 3. The second kappa shape index (κ2) is 9.34. The summed E-state index contributed by atoms with van der Waals surface area (Å²) in [4.78, 5) is 8.54. The molecule has 0 spiro atoms. The van der Waals surface area contributed by atoms with Gasteiger partial charge in [0.2, 0.25) is 0 Å². The lowest BCUT2D eigenvalue weighted by Crippen LogP contribution is -1.96. The summed E-state index contributed by atoms with van der Waals surface area (Å²) in [5.74, 6) is 1.39. The molecule has 0 saturated carbocycles. The molecule has 0 fully saturated rings. The third kappa shape index (κ3) is 4.46. The first-order chi connectivity index (χ1) is 15.6. The third-order valence-corrected chi connectivity index (χ3v) is 4.95. The van der Waals surface area contributed by atoms with E-state index in [-0.39, 0.29) is 18.2 Å². The summed E-state index contributed by atoms with van der Waals surface area (Å²) in [6.45, 7) is 0.253. The molecule has 1 aromatic heterocycles. The van der Waals surface area contributed by atoms with Crippen LogP contribution in [0.3, 0.4) is 0 Å². The van der Waals surface area contributed by atoms with E-state index in [0.29, 0.717) is 28.5 Å². The number of phenolic OH excluding ortho intramolecular Hbond substituents is 1. The second-order valence-corrected chi connectivity index (χ2v) is 6.95. The van der Waals surface area contributed by atoms with Gasteiger partial charge in [0, 0.05) is 23.4 Å². The van der Waals surface area contributed by atoms with E-state index in [4.69, 9.17) is 14.2 Å². The van der Waals surface area contributed by atoms with Crippen molar-refractivity contribution in [2.45, 2.75) is 6.61 Å². The maximum Gasteiger partial charge on any atom is 0.161 e. The van der Waals surface area contributed by atoms with Crippen LogP contribution >= 0.6 is 0 Å². The van der Waals surface area contributed by atoms with Crippen LogP contribution in [0.1, 0.15) is 5.56 Å². The minimum atomic E-state index is -0.300. The Labute approximate surface area is 184 Å².